The predicted molar refractivity (Wildman–Crippen MR) is 93.9 cm³/mol. The van der Waals surface area contributed by atoms with Gasteiger partial charge in [-0.05, 0) is 19.4 Å². The zero-order valence-corrected chi connectivity index (χ0v) is 14.8. The largest absolute Gasteiger partial charge is 0.479 e. The van der Waals surface area contributed by atoms with Crippen LogP contribution in [-0.4, -0.2) is 61.3 Å². The van der Waals surface area contributed by atoms with Gasteiger partial charge in [-0.25, -0.2) is 14.8 Å². The van der Waals surface area contributed by atoms with Gasteiger partial charge in [-0.15, -0.1) is 0 Å². The molecule has 0 spiro atoms. The zero-order valence-electron chi connectivity index (χ0n) is 14.8. The molecule has 0 saturated carbocycles. The molecule has 0 unspecified atom stereocenters. The summed E-state index contributed by atoms with van der Waals surface area (Å²) in [4.78, 5) is 34.5. The van der Waals surface area contributed by atoms with Crippen molar-refractivity contribution in [1.82, 2.24) is 24.6 Å². The average Bonchev–Trinajstić information content (AvgIpc) is 3.09. The van der Waals surface area contributed by atoms with Crippen molar-refractivity contribution in [3.05, 3.63) is 35.9 Å². The Morgan fingerprint density at radius 2 is 1.88 bits per heavy atom. The number of amides is 1. The summed E-state index contributed by atoms with van der Waals surface area (Å²) in [6, 6.07) is 0. The Balaban J connectivity index is 1.72. The SMILES string of the molecule is CCNc1ncc(C(=O)N2CCC(C(=O)O)(n3cc(C)cn3)CC2)cn1. The average molecular weight is 358 g/mol. The third kappa shape index (κ3) is 3.24. The summed E-state index contributed by atoms with van der Waals surface area (Å²) in [7, 11) is 0. The molecule has 1 saturated heterocycles. The molecule has 0 atom stereocenters. The number of piperidine rings is 1. The van der Waals surface area contributed by atoms with E-state index in [-0.39, 0.29) is 5.91 Å². The lowest BCUT2D eigenvalue weighted by Crippen LogP contribution is -2.52. The van der Waals surface area contributed by atoms with Gasteiger partial charge in [-0.2, -0.15) is 5.10 Å². The first-order valence-corrected chi connectivity index (χ1v) is 8.56. The molecule has 9 nitrogen and oxygen atoms in total. The van der Waals surface area contributed by atoms with Crippen LogP contribution in [0.4, 0.5) is 5.95 Å². The standard InChI is InChI=1S/C17H22N6O3/c1-3-18-16-19-9-13(10-20-16)14(24)22-6-4-17(5-7-22,15(25)26)23-11-12(2)8-21-23/h8-11H,3-7H2,1-2H3,(H,25,26)(H,18,19,20). The molecule has 0 radical (unpaired) electrons. The summed E-state index contributed by atoms with van der Waals surface area (Å²) in [5.74, 6) is -0.642. The minimum absolute atomic E-state index is 0.191. The maximum absolute atomic E-state index is 12.6. The third-order valence-corrected chi connectivity index (χ3v) is 4.66. The van der Waals surface area contributed by atoms with Gasteiger partial charge < -0.3 is 15.3 Å². The summed E-state index contributed by atoms with van der Waals surface area (Å²) in [6.45, 7) is 5.17. The highest BCUT2D eigenvalue weighted by molar-refractivity contribution is 5.94. The molecular weight excluding hydrogens is 336 g/mol. The van der Waals surface area contributed by atoms with Gasteiger partial charge in [0.2, 0.25) is 5.95 Å². The number of carbonyl (C=O) groups is 2. The second-order valence-corrected chi connectivity index (χ2v) is 6.42. The number of carboxylic acid groups (broad SMARTS) is 1. The number of aryl methyl sites for hydroxylation is 1. The predicted octanol–water partition coefficient (Wildman–Crippen LogP) is 1.13. The molecule has 0 aliphatic carbocycles. The molecular formula is C17H22N6O3. The highest BCUT2D eigenvalue weighted by atomic mass is 16.4. The van der Waals surface area contributed by atoms with Gasteiger partial charge in [-0.1, -0.05) is 0 Å². The van der Waals surface area contributed by atoms with Crippen molar-refractivity contribution in [3.8, 4) is 0 Å². The molecule has 2 aromatic heterocycles. The van der Waals surface area contributed by atoms with Gasteiger partial charge in [0, 0.05) is 51.1 Å². The van der Waals surface area contributed by atoms with Crippen molar-refractivity contribution in [1.29, 1.82) is 0 Å². The first kappa shape index (κ1) is 17.8. The fraction of sp³-hybridized carbons (Fsp3) is 0.471. The van der Waals surface area contributed by atoms with Crippen LogP contribution >= 0.6 is 0 Å². The minimum Gasteiger partial charge on any atom is -0.479 e. The van der Waals surface area contributed by atoms with E-state index in [0.29, 0.717) is 44.0 Å². The van der Waals surface area contributed by atoms with E-state index in [2.05, 4.69) is 20.4 Å². The summed E-state index contributed by atoms with van der Waals surface area (Å²) >= 11 is 0. The van der Waals surface area contributed by atoms with Crippen molar-refractivity contribution in [2.45, 2.75) is 32.2 Å². The van der Waals surface area contributed by atoms with Crippen LogP contribution in [0, 0.1) is 6.92 Å². The van der Waals surface area contributed by atoms with Crippen LogP contribution < -0.4 is 5.32 Å². The first-order chi connectivity index (χ1) is 12.5. The molecule has 1 aliphatic rings. The molecule has 1 aliphatic heterocycles. The maximum atomic E-state index is 12.6. The number of carbonyl (C=O) groups excluding carboxylic acids is 1. The Morgan fingerprint density at radius 1 is 1.23 bits per heavy atom. The van der Waals surface area contributed by atoms with Gasteiger partial charge in [0.05, 0.1) is 11.8 Å². The zero-order chi connectivity index (χ0) is 18.7. The van der Waals surface area contributed by atoms with Gasteiger partial charge in [-0.3, -0.25) is 9.48 Å². The second-order valence-electron chi connectivity index (χ2n) is 6.42. The Labute approximate surface area is 151 Å². The molecule has 2 N–H and O–H groups in total. The van der Waals surface area contributed by atoms with Gasteiger partial charge in [0.25, 0.3) is 5.91 Å². The number of aliphatic carboxylic acids is 1. The summed E-state index contributed by atoms with van der Waals surface area (Å²) in [5.41, 5.74) is 0.183. The number of hydrogen-bond donors (Lipinski definition) is 2. The molecule has 9 heteroatoms. The van der Waals surface area contributed by atoms with Crippen molar-refractivity contribution in [3.63, 3.8) is 0 Å². The third-order valence-electron chi connectivity index (χ3n) is 4.66. The molecule has 138 valence electrons. The number of rotatable bonds is 5. The second kappa shape index (κ2) is 7.11. The van der Waals surface area contributed by atoms with Crippen molar-refractivity contribution in [2.24, 2.45) is 0 Å². The highest BCUT2D eigenvalue weighted by Gasteiger charge is 2.45. The lowest BCUT2D eigenvalue weighted by Gasteiger charge is -2.38. The lowest BCUT2D eigenvalue weighted by molar-refractivity contribution is -0.150. The van der Waals surface area contributed by atoms with E-state index in [1.807, 2.05) is 13.8 Å². The van der Waals surface area contributed by atoms with E-state index >= 15 is 0 Å². The normalized spacial score (nSPS) is 16.3. The monoisotopic (exact) mass is 358 g/mol. The number of hydrogen-bond acceptors (Lipinski definition) is 6. The van der Waals surface area contributed by atoms with E-state index in [1.54, 1.807) is 17.3 Å². The van der Waals surface area contributed by atoms with Crippen LogP contribution in [0.1, 0.15) is 35.7 Å². The Morgan fingerprint density at radius 3 is 2.38 bits per heavy atom. The minimum atomic E-state index is -1.11. The quantitative estimate of drug-likeness (QED) is 0.823. The van der Waals surface area contributed by atoms with E-state index in [0.717, 1.165) is 5.56 Å². The summed E-state index contributed by atoms with van der Waals surface area (Å²) < 4.78 is 1.51. The number of carboxylic acids is 1. The Kier molecular flexibility index (Phi) is 4.88. The van der Waals surface area contributed by atoms with Gasteiger partial charge in [0.15, 0.2) is 5.54 Å². The Hall–Kier alpha value is -2.97. The molecule has 0 bridgehead atoms. The van der Waals surface area contributed by atoms with Crippen molar-refractivity contribution in [2.75, 3.05) is 25.0 Å². The van der Waals surface area contributed by atoms with E-state index in [4.69, 9.17) is 0 Å². The number of likely N-dealkylation sites (tertiary alicyclic amines) is 1. The number of anilines is 1. The number of nitrogens with zero attached hydrogens (tertiary/aromatic N) is 5. The first-order valence-electron chi connectivity index (χ1n) is 8.56. The van der Waals surface area contributed by atoms with Crippen molar-refractivity contribution < 1.29 is 14.7 Å². The number of nitrogens with one attached hydrogen (secondary N) is 1. The smallest absolute Gasteiger partial charge is 0.331 e. The van der Waals surface area contributed by atoms with Crippen LogP contribution in [0.3, 0.4) is 0 Å². The highest BCUT2D eigenvalue weighted by Crippen LogP contribution is 2.31. The summed E-state index contributed by atoms with van der Waals surface area (Å²) in [6.07, 6.45) is 6.95. The van der Waals surface area contributed by atoms with E-state index in [1.165, 1.54) is 17.1 Å². The molecule has 3 heterocycles. The van der Waals surface area contributed by atoms with Crippen molar-refractivity contribution >= 4 is 17.8 Å². The molecule has 3 rings (SSSR count). The van der Waals surface area contributed by atoms with Crippen LogP contribution in [0.25, 0.3) is 0 Å². The van der Waals surface area contributed by atoms with Gasteiger partial charge in [0.1, 0.15) is 0 Å². The lowest BCUT2D eigenvalue weighted by atomic mass is 9.87. The Bertz CT molecular complexity index is 793. The van der Waals surface area contributed by atoms with Crippen LogP contribution in [0.2, 0.25) is 0 Å². The number of aromatic nitrogens is 4. The van der Waals surface area contributed by atoms with Crippen LogP contribution in [0.5, 0.6) is 0 Å². The fourth-order valence-corrected chi connectivity index (χ4v) is 3.14. The molecule has 1 amide bonds. The molecule has 0 aromatic carbocycles. The molecule has 2 aromatic rings. The molecule has 1 fully saturated rings. The van der Waals surface area contributed by atoms with Gasteiger partial charge >= 0.3 is 5.97 Å². The summed E-state index contributed by atoms with van der Waals surface area (Å²) in [5, 5.41) is 17.0. The maximum Gasteiger partial charge on any atom is 0.331 e. The van der Waals surface area contributed by atoms with Crippen LogP contribution in [-0.2, 0) is 10.3 Å². The van der Waals surface area contributed by atoms with E-state index in [9.17, 15) is 14.7 Å². The fourth-order valence-electron chi connectivity index (χ4n) is 3.14. The molecule has 26 heavy (non-hydrogen) atoms. The topological polar surface area (TPSA) is 113 Å². The van der Waals surface area contributed by atoms with E-state index < -0.39 is 11.5 Å². The van der Waals surface area contributed by atoms with Crippen LogP contribution in [0.15, 0.2) is 24.8 Å².